The van der Waals surface area contributed by atoms with Crippen LogP contribution in [0, 0.1) is 6.92 Å². The molecule has 1 fully saturated rings. The van der Waals surface area contributed by atoms with E-state index in [4.69, 9.17) is 21.1 Å². The van der Waals surface area contributed by atoms with Crippen LogP contribution in [0.2, 0.25) is 5.15 Å². The predicted molar refractivity (Wildman–Crippen MR) is 111 cm³/mol. The highest BCUT2D eigenvalue weighted by Gasteiger charge is 2.21. The molecule has 1 aromatic carbocycles. The van der Waals surface area contributed by atoms with Crippen molar-refractivity contribution in [2.75, 3.05) is 6.61 Å². The first-order valence-electron chi connectivity index (χ1n) is 9.60. The molecule has 0 spiro atoms. The molecule has 1 unspecified atom stereocenters. The van der Waals surface area contributed by atoms with Gasteiger partial charge in [-0.1, -0.05) is 17.7 Å². The van der Waals surface area contributed by atoms with E-state index in [9.17, 15) is 9.59 Å². The minimum absolute atomic E-state index is 0.00673. The predicted octanol–water partition coefficient (Wildman–Crippen LogP) is 3.41. The van der Waals surface area contributed by atoms with Gasteiger partial charge in [-0.15, -0.1) is 0 Å². The second kappa shape index (κ2) is 7.26. The molecule has 0 amide bonds. The third-order valence-corrected chi connectivity index (χ3v) is 5.41. The summed E-state index contributed by atoms with van der Waals surface area (Å²) in [5.41, 5.74) is 0.699. The lowest BCUT2D eigenvalue weighted by Crippen LogP contribution is -2.22. The van der Waals surface area contributed by atoms with E-state index < -0.39 is 11.2 Å². The second-order valence-corrected chi connectivity index (χ2v) is 7.62. The van der Waals surface area contributed by atoms with Crippen molar-refractivity contribution < 1.29 is 9.47 Å². The molecular formula is C20H18ClN5O4. The summed E-state index contributed by atoms with van der Waals surface area (Å²) in [7, 11) is 0. The Morgan fingerprint density at radius 3 is 2.93 bits per heavy atom. The van der Waals surface area contributed by atoms with Crippen molar-refractivity contribution in [3.63, 3.8) is 0 Å². The summed E-state index contributed by atoms with van der Waals surface area (Å²) in [6.45, 7) is 2.60. The molecule has 1 atom stereocenters. The Balaban J connectivity index is 1.66. The van der Waals surface area contributed by atoms with Crippen molar-refractivity contribution in [3.05, 3.63) is 56.0 Å². The van der Waals surface area contributed by atoms with Crippen molar-refractivity contribution in [1.82, 2.24) is 24.7 Å². The number of nitrogens with zero attached hydrogens (tertiary/aromatic N) is 3. The lowest BCUT2D eigenvalue weighted by molar-refractivity contribution is -0.0366. The van der Waals surface area contributed by atoms with E-state index >= 15 is 0 Å². The molecule has 3 aromatic heterocycles. The molecule has 154 valence electrons. The fourth-order valence-electron chi connectivity index (χ4n) is 3.79. The minimum atomic E-state index is -0.632. The molecule has 4 aromatic rings. The molecule has 0 saturated carbocycles. The molecule has 10 heteroatoms. The largest absolute Gasteiger partial charge is 0.437 e. The van der Waals surface area contributed by atoms with E-state index in [1.165, 1.54) is 6.07 Å². The fourth-order valence-corrected chi connectivity index (χ4v) is 3.97. The van der Waals surface area contributed by atoms with Gasteiger partial charge in [0.05, 0.1) is 22.6 Å². The molecule has 4 heterocycles. The number of aromatic amines is 2. The number of hydrogen-bond donors (Lipinski definition) is 2. The smallest absolute Gasteiger partial charge is 0.326 e. The fraction of sp³-hybridized carbons (Fsp3) is 0.300. The molecular weight excluding hydrogens is 410 g/mol. The zero-order valence-corrected chi connectivity index (χ0v) is 16.8. The Morgan fingerprint density at radius 2 is 2.13 bits per heavy atom. The zero-order chi connectivity index (χ0) is 20.8. The van der Waals surface area contributed by atoms with Crippen molar-refractivity contribution in [3.8, 4) is 11.6 Å². The van der Waals surface area contributed by atoms with Crippen LogP contribution in [0.5, 0.6) is 11.6 Å². The molecule has 1 aliphatic rings. The lowest BCUT2D eigenvalue weighted by atomic mass is 10.1. The third kappa shape index (κ3) is 3.16. The molecule has 0 bridgehead atoms. The summed E-state index contributed by atoms with van der Waals surface area (Å²) in [5, 5.41) is 5.49. The first kappa shape index (κ1) is 18.8. The van der Waals surface area contributed by atoms with E-state index in [1.54, 1.807) is 6.20 Å². The van der Waals surface area contributed by atoms with Crippen molar-refractivity contribution >= 4 is 33.4 Å². The Morgan fingerprint density at radius 1 is 1.27 bits per heavy atom. The Labute approximate surface area is 174 Å². The van der Waals surface area contributed by atoms with Crippen LogP contribution in [0.25, 0.3) is 21.8 Å². The lowest BCUT2D eigenvalue weighted by Gasteiger charge is -2.23. The van der Waals surface area contributed by atoms with Crippen LogP contribution < -0.4 is 16.0 Å². The normalized spacial score (nSPS) is 16.9. The molecule has 0 radical (unpaired) electrons. The van der Waals surface area contributed by atoms with Crippen LogP contribution in [-0.2, 0) is 4.74 Å². The average molecular weight is 428 g/mol. The zero-order valence-electron chi connectivity index (χ0n) is 16.1. The highest BCUT2D eigenvalue weighted by Crippen LogP contribution is 2.36. The number of aromatic nitrogens is 5. The van der Waals surface area contributed by atoms with E-state index in [0.717, 1.165) is 35.7 Å². The Kier molecular flexibility index (Phi) is 4.56. The number of rotatable bonds is 3. The van der Waals surface area contributed by atoms with Gasteiger partial charge >= 0.3 is 5.69 Å². The van der Waals surface area contributed by atoms with Crippen molar-refractivity contribution in [1.29, 1.82) is 0 Å². The van der Waals surface area contributed by atoms with Crippen molar-refractivity contribution in [2.45, 2.75) is 32.4 Å². The van der Waals surface area contributed by atoms with Gasteiger partial charge in [-0.25, -0.2) is 14.5 Å². The average Bonchev–Trinajstić information content (AvgIpc) is 3.14. The maximum absolute atomic E-state index is 12.4. The van der Waals surface area contributed by atoms with Gasteiger partial charge in [-0.05, 0) is 37.8 Å². The number of hydrogen-bond acceptors (Lipinski definition) is 6. The van der Waals surface area contributed by atoms with Gasteiger partial charge in [0.15, 0.2) is 6.23 Å². The van der Waals surface area contributed by atoms with E-state index in [1.807, 2.05) is 23.7 Å². The SMILES string of the molecule is Cc1ccc2c(cnn2C2CCCCO2)c1Oc1nc(Cl)cc2[nH]c(=O)[nH]c(=O)c12. The number of halogens is 1. The maximum Gasteiger partial charge on any atom is 0.326 e. The topological polar surface area (TPSA) is 115 Å². The van der Waals surface area contributed by atoms with Crippen LogP contribution in [0.3, 0.4) is 0 Å². The highest BCUT2D eigenvalue weighted by molar-refractivity contribution is 6.30. The number of pyridine rings is 1. The Hall–Kier alpha value is -3.17. The number of benzene rings is 1. The first-order valence-corrected chi connectivity index (χ1v) is 9.98. The van der Waals surface area contributed by atoms with Gasteiger partial charge in [0.2, 0.25) is 5.88 Å². The summed E-state index contributed by atoms with van der Waals surface area (Å²) in [4.78, 5) is 33.0. The summed E-state index contributed by atoms with van der Waals surface area (Å²) >= 11 is 6.10. The summed E-state index contributed by atoms with van der Waals surface area (Å²) in [6.07, 6.45) is 4.62. The number of H-pyrrole nitrogens is 2. The van der Waals surface area contributed by atoms with Crippen molar-refractivity contribution in [2.24, 2.45) is 0 Å². The van der Waals surface area contributed by atoms with Crippen LogP contribution in [-0.4, -0.2) is 31.3 Å². The second-order valence-electron chi connectivity index (χ2n) is 7.24. The van der Waals surface area contributed by atoms with Crippen LogP contribution in [0.1, 0.15) is 31.1 Å². The number of nitrogens with one attached hydrogen (secondary N) is 2. The van der Waals surface area contributed by atoms with E-state index in [0.29, 0.717) is 12.4 Å². The molecule has 1 aliphatic heterocycles. The summed E-state index contributed by atoms with van der Waals surface area (Å²) in [6, 6.07) is 5.29. The number of aryl methyl sites for hydroxylation is 1. The van der Waals surface area contributed by atoms with Crippen LogP contribution in [0.15, 0.2) is 34.0 Å². The third-order valence-electron chi connectivity index (χ3n) is 5.21. The minimum Gasteiger partial charge on any atom is -0.437 e. The van der Waals surface area contributed by atoms with Crippen LogP contribution in [0.4, 0.5) is 0 Å². The van der Waals surface area contributed by atoms with Gasteiger partial charge < -0.3 is 14.5 Å². The number of fused-ring (bicyclic) bond motifs is 2. The summed E-state index contributed by atoms with van der Waals surface area (Å²) < 4.78 is 13.8. The molecule has 9 nitrogen and oxygen atoms in total. The quantitative estimate of drug-likeness (QED) is 0.484. The van der Waals surface area contributed by atoms with Gasteiger partial charge in [0.1, 0.15) is 16.3 Å². The molecule has 5 rings (SSSR count). The van der Waals surface area contributed by atoms with Crippen LogP contribution >= 0.6 is 11.6 Å². The monoisotopic (exact) mass is 427 g/mol. The molecule has 1 saturated heterocycles. The van der Waals surface area contributed by atoms with E-state index in [2.05, 4.69) is 20.1 Å². The molecule has 2 N–H and O–H groups in total. The summed E-state index contributed by atoms with van der Waals surface area (Å²) in [5.74, 6) is 0.517. The van der Waals surface area contributed by atoms with Gasteiger partial charge in [-0.2, -0.15) is 5.10 Å². The maximum atomic E-state index is 12.4. The van der Waals surface area contributed by atoms with Gasteiger partial charge in [0, 0.05) is 12.7 Å². The van der Waals surface area contributed by atoms with E-state index in [-0.39, 0.29) is 28.2 Å². The number of ether oxygens (including phenoxy) is 2. The first-order chi connectivity index (χ1) is 14.5. The molecule has 0 aliphatic carbocycles. The van der Waals surface area contributed by atoms with Gasteiger partial charge in [0.25, 0.3) is 5.56 Å². The highest BCUT2D eigenvalue weighted by atomic mass is 35.5. The molecule has 30 heavy (non-hydrogen) atoms. The Bertz CT molecular complexity index is 1380. The standard InChI is InChI=1S/C20H18ClN5O4/c1-10-5-6-13-11(9-22-26(13)15-4-2-3-7-29-15)17(10)30-19-16-12(8-14(21)24-19)23-20(28)25-18(16)27/h5-6,8-9,15H,2-4,7H2,1H3,(H2,23,25,27,28). The van der Waals surface area contributed by atoms with Gasteiger partial charge in [-0.3, -0.25) is 9.78 Å².